The number of nitrogens with one attached hydrogen (secondary N) is 1. The molecule has 18 heavy (non-hydrogen) atoms. The van der Waals surface area contributed by atoms with E-state index in [2.05, 4.69) is 45.7 Å². The zero-order valence-electron chi connectivity index (χ0n) is 10.3. The maximum atomic E-state index is 6.01. The average molecular weight is 325 g/mol. The van der Waals surface area contributed by atoms with Crippen LogP contribution in [0.4, 0.5) is 11.4 Å². The van der Waals surface area contributed by atoms with Crippen molar-refractivity contribution in [1.29, 1.82) is 0 Å². The summed E-state index contributed by atoms with van der Waals surface area (Å²) in [4.78, 5) is 1.36. The highest BCUT2D eigenvalue weighted by Crippen LogP contribution is 2.31. The minimum Gasteiger partial charge on any atom is -0.397 e. The molecule has 0 aliphatic rings. The smallest absolute Gasteiger partial charge is 0.0607 e. The van der Waals surface area contributed by atoms with Crippen molar-refractivity contribution in [3.8, 4) is 0 Å². The van der Waals surface area contributed by atoms with Crippen LogP contribution in [0.5, 0.6) is 0 Å². The van der Waals surface area contributed by atoms with Crippen LogP contribution in [0.25, 0.3) is 0 Å². The van der Waals surface area contributed by atoms with Crippen molar-refractivity contribution in [3.63, 3.8) is 0 Å². The predicted octanol–water partition coefficient (Wildman–Crippen LogP) is 5.05. The molecule has 1 aromatic carbocycles. The summed E-state index contributed by atoms with van der Waals surface area (Å²) in [6.07, 6.45) is 2.25. The summed E-state index contributed by atoms with van der Waals surface area (Å²) in [5.41, 5.74) is 7.79. The summed E-state index contributed by atoms with van der Waals surface area (Å²) >= 11 is 5.27. The van der Waals surface area contributed by atoms with Gasteiger partial charge in [0.2, 0.25) is 0 Å². The lowest BCUT2D eigenvalue weighted by atomic mass is 10.1. The lowest BCUT2D eigenvalue weighted by Gasteiger charge is -2.19. The fraction of sp³-hybridized carbons (Fsp3) is 0.286. The van der Waals surface area contributed by atoms with Gasteiger partial charge >= 0.3 is 0 Å². The van der Waals surface area contributed by atoms with Gasteiger partial charge in [-0.05, 0) is 36.1 Å². The van der Waals surface area contributed by atoms with Gasteiger partial charge in [-0.25, -0.2) is 0 Å². The number of hydrogen-bond donors (Lipinski definition) is 2. The maximum absolute atomic E-state index is 6.01. The molecular formula is C14H17BrN2S. The summed E-state index contributed by atoms with van der Waals surface area (Å²) in [6, 6.07) is 10.5. The van der Waals surface area contributed by atoms with Crippen LogP contribution in [0.1, 0.15) is 30.7 Å². The Bertz CT molecular complexity index is 497. The molecule has 0 aliphatic carbocycles. The number of nitrogen functional groups attached to an aromatic ring is 1. The number of anilines is 2. The summed E-state index contributed by atoms with van der Waals surface area (Å²) in [5, 5.41) is 5.66. The van der Waals surface area contributed by atoms with E-state index in [-0.39, 0.29) is 0 Å². The third-order valence-corrected chi connectivity index (χ3v) is 4.29. The first-order valence-corrected chi connectivity index (χ1v) is 7.73. The standard InChI is InChI=1S/C14H17BrN2S/c1-2-4-12(14-5-3-8-18-14)17-13-9-10(15)6-7-11(13)16/h3,5-9,12,17H,2,4,16H2,1H3. The Balaban J connectivity index is 2.21. The Morgan fingerprint density at radius 2 is 2.22 bits per heavy atom. The lowest BCUT2D eigenvalue weighted by molar-refractivity contribution is 0.688. The van der Waals surface area contributed by atoms with Gasteiger partial charge in [-0.1, -0.05) is 35.3 Å². The molecule has 2 rings (SSSR count). The third-order valence-electron chi connectivity index (χ3n) is 2.81. The van der Waals surface area contributed by atoms with Crippen LogP contribution in [0.2, 0.25) is 0 Å². The zero-order chi connectivity index (χ0) is 13.0. The van der Waals surface area contributed by atoms with Crippen molar-refractivity contribution in [3.05, 3.63) is 45.1 Å². The van der Waals surface area contributed by atoms with E-state index in [0.29, 0.717) is 6.04 Å². The first kappa shape index (κ1) is 13.4. The Hall–Kier alpha value is -1.00. The van der Waals surface area contributed by atoms with E-state index in [4.69, 9.17) is 5.73 Å². The van der Waals surface area contributed by atoms with Gasteiger partial charge in [-0.2, -0.15) is 0 Å². The largest absolute Gasteiger partial charge is 0.397 e. The third kappa shape index (κ3) is 3.27. The van der Waals surface area contributed by atoms with Crippen molar-refractivity contribution in [2.45, 2.75) is 25.8 Å². The second-order valence-electron chi connectivity index (χ2n) is 4.23. The molecule has 2 aromatic rings. The van der Waals surface area contributed by atoms with Crippen molar-refractivity contribution >= 4 is 38.6 Å². The van der Waals surface area contributed by atoms with E-state index in [1.54, 1.807) is 11.3 Å². The predicted molar refractivity (Wildman–Crippen MR) is 84.1 cm³/mol. The van der Waals surface area contributed by atoms with Crippen LogP contribution in [0, 0.1) is 0 Å². The van der Waals surface area contributed by atoms with Gasteiger partial charge in [0.25, 0.3) is 0 Å². The van der Waals surface area contributed by atoms with Gasteiger partial charge in [0.05, 0.1) is 17.4 Å². The number of halogens is 1. The van der Waals surface area contributed by atoms with Gasteiger partial charge in [-0.3, -0.25) is 0 Å². The molecular weight excluding hydrogens is 308 g/mol. The van der Waals surface area contributed by atoms with E-state index >= 15 is 0 Å². The Morgan fingerprint density at radius 1 is 1.39 bits per heavy atom. The monoisotopic (exact) mass is 324 g/mol. The number of thiophene rings is 1. The fourth-order valence-corrected chi connectivity index (χ4v) is 3.08. The molecule has 0 saturated carbocycles. The van der Waals surface area contributed by atoms with Crippen LogP contribution in [0.3, 0.4) is 0 Å². The van der Waals surface area contributed by atoms with Crippen LogP contribution < -0.4 is 11.1 Å². The molecule has 0 bridgehead atoms. The first-order valence-electron chi connectivity index (χ1n) is 6.05. The van der Waals surface area contributed by atoms with Crippen molar-refractivity contribution in [1.82, 2.24) is 0 Å². The zero-order valence-corrected chi connectivity index (χ0v) is 12.7. The minimum atomic E-state index is 0.339. The van der Waals surface area contributed by atoms with Crippen LogP contribution >= 0.6 is 27.3 Å². The summed E-state index contributed by atoms with van der Waals surface area (Å²) in [7, 11) is 0. The van der Waals surface area contributed by atoms with E-state index in [1.807, 2.05) is 18.2 Å². The molecule has 0 aliphatic heterocycles. The Labute approximate surface area is 120 Å². The molecule has 96 valence electrons. The Kier molecular flexibility index (Phi) is 4.66. The van der Waals surface area contributed by atoms with E-state index < -0.39 is 0 Å². The molecule has 0 spiro atoms. The quantitative estimate of drug-likeness (QED) is 0.755. The van der Waals surface area contributed by atoms with Crippen LogP contribution in [-0.2, 0) is 0 Å². The van der Waals surface area contributed by atoms with Gasteiger partial charge in [-0.15, -0.1) is 11.3 Å². The SMILES string of the molecule is CCCC(Nc1cc(Br)ccc1N)c1cccs1. The van der Waals surface area contributed by atoms with Crippen LogP contribution in [-0.4, -0.2) is 0 Å². The fourth-order valence-electron chi connectivity index (χ4n) is 1.90. The van der Waals surface area contributed by atoms with Crippen LogP contribution in [0.15, 0.2) is 40.2 Å². The molecule has 1 aromatic heterocycles. The molecule has 2 nitrogen and oxygen atoms in total. The number of benzene rings is 1. The summed E-state index contributed by atoms with van der Waals surface area (Å²) in [6.45, 7) is 2.20. The molecule has 4 heteroatoms. The van der Waals surface area contributed by atoms with Gasteiger partial charge in [0.1, 0.15) is 0 Å². The molecule has 1 unspecified atom stereocenters. The van der Waals surface area contributed by atoms with E-state index in [1.165, 1.54) is 4.88 Å². The topological polar surface area (TPSA) is 38.0 Å². The lowest BCUT2D eigenvalue weighted by Crippen LogP contribution is -2.10. The second kappa shape index (κ2) is 6.25. The van der Waals surface area contributed by atoms with Gasteiger partial charge in [0, 0.05) is 9.35 Å². The highest BCUT2D eigenvalue weighted by Gasteiger charge is 2.12. The summed E-state index contributed by atoms with van der Waals surface area (Å²) in [5.74, 6) is 0. The molecule has 1 heterocycles. The molecule has 0 amide bonds. The van der Waals surface area contributed by atoms with Crippen molar-refractivity contribution < 1.29 is 0 Å². The summed E-state index contributed by atoms with van der Waals surface area (Å²) < 4.78 is 1.04. The minimum absolute atomic E-state index is 0.339. The van der Waals surface area contributed by atoms with Crippen molar-refractivity contribution in [2.24, 2.45) is 0 Å². The molecule has 0 radical (unpaired) electrons. The molecule has 0 fully saturated rings. The maximum Gasteiger partial charge on any atom is 0.0607 e. The average Bonchev–Trinajstić information content (AvgIpc) is 2.87. The molecule has 0 saturated heterocycles. The van der Waals surface area contributed by atoms with Crippen molar-refractivity contribution in [2.75, 3.05) is 11.1 Å². The molecule has 3 N–H and O–H groups in total. The van der Waals surface area contributed by atoms with E-state index in [0.717, 1.165) is 28.7 Å². The second-order valence-corrected chi connectivity index (χ2v) is 6.13. The molecule has 1 atom stereocenters. The highest BCUT2D eigenvalue weighted by molar-refractivity contribution is 9.10. The number of hydrogen-bond acceptors (Lipinski definition) is 3. The number of rotatable bonds is 5. The van der Waals surface area contributed by atoms with Gasteiger partial charge < -0.3 is 11.1 Å². The first-order chi connectivity index (χ1) is 8.70. The van der Waals surface area contributed by atoms with E-state index in [9.17, 15) is 0 Å². The van der Waals surface area contributed by atoms with Gasteiger partial charge in [0.15, 0.2) is 0 Å². The number of nitrogens with two attached hydrogens (primary N) is 1. The normalized spacial score (nSPS) is 12.3. The Morgan fingerprint density at radius 3 is 2.89 bits per heavy atom. The highest BCUT2D eigenvalue weighted by atomic mass is 79.9.